The van der Waals surface area contributed by atoms with Gasteiger partial charge in [-0.25, -0.2) is 13.4 Å². The van der Waals surface area contributed by atoms with Crippen molar-refractivity contribution in [2.24, 2.45) is 0 Å². The lowest BCUT2D eigenvalue weighted by Crippen LogP contribution is -2.33. The smallest absolute Gasteiger partial charge is 0.314 e. The van der Waals surface area contributed by atoms with Crippen molar-refractivity contribution in [1.29, 1.82) is 0 Å². The first-order valence-electron chi connectivity index (χ1n) is 7.38. The molecule has 3 heterocycles. The van der Waals surface area contributed by atoms with Crippen molar-refractivity contribution in [1.82, 2.24) is 25.0 Å². The monoisotopic (exact) mass is 384 g/mol. The van der Waals surface area contributed by atoms with Crippen LogP contribution in [0.5, 0.6) is 0 Å². The van der Waals surface area contributed by atoms with E-state index in [-0.39, 0.29) is 19.0 Å². The van der Waals surface area contributed by atoms with Crippen molar-refractivity contribution >= 4 is 15.8 Å². The van der Waals surface area contributed by atoms with Crippen LogP contribution in [0.15, 0.2) is 41.2 Å². The number of alkyl halides is 2. The van der Waals surface area contributed by atoms with Crippen LogP contribution in [-0.4, -0.2) is 46.2 Å². The van der Waals surface area contributed by atoms with Crippen molar-refractivity contribution in [3.63, 3.8) is 0 Å². The Morgan fingerprint density at radius 3 is 2.73 bits per heavy atom. The first kappa shape index (κ1) is 17.9. The summed E-state index contributed by atoms with van der Waals surface area (Å²) < 4.78 is 56.4. The first-order valence-corrected chi connectivity index (χ1v) is 9.22. The third kappa shape index (κ3) is 4.02. The van der Waals surface area contributed by atoms with Gasteiger partial charge in [0.25, 0.3) is 11.8 Å². The minimum atomic E-state index is -3.53. The molecule has 0 fully saturated rings. The highest BCUT2D eigenvalue weighted by Crippen LogP contribution is 2.22. The predicted octanol–water partition coefficient (Wildman–Crippen LogP) is 1.73. The number of hydrogen-bond acceptors (Lipinski definition) is 7. The fourth-order valence-electron chi connectivity index (χ4n) is 2.18. The summed E-state index contributed by atoms with van der Waals surface area (Å²) in [5.74, 6) is -0.566. The average molecular weight is 384 g/mol. The van der Waals surface area contributed by atoms with Crippen LogP contribution in [0.25, 0.3) is 11.5 Å². The number of anilines is 1. The van der Waals surface area contributed by atoms with Gasteiger partial charge < -0.3 is 4.42 Å². The Hall–Kier alpha value is -2.89. The van der Waals surface area contributed by atoms with Crippen LogP contribution in [0, 0.1) is 0 Å². The Morgan fingerprint density at radius 1 is 1.31 bits per heavy atom. The molecule has 0 aliphatic heterocycles. The number of nitrogens with zero attached hydrogens (tertiary/aromatic N) is 6. The highest BCUT2D eigenvalue weighted by atomic mass is 32.2. The van der Waals surface area contributed by atoms with E-state index >= 15 is 0 Å². The van der Waals surface area contributed by atoms with Gasteiger partial charge in [-0.2, -0.15) is 13.9 Å². The molecule has 0 atom stereocenters. The van der Waals surface area contributed by atoms with Crippen LogP contribution in [0.4, 0.5) is 14.6 Å². The van der Waals surface area contributed by atoms with Gasteiger partial charge in [0.15, 0.2) is 0 Å². The van der Waals surface area contributed by atoms with E-state index in [0.717, 1.165) is 10.6 Å². The Labute approximate surface area is 147 Å². The van der Waals surface area contributed by atoms with Gasteiger partial charge in [0, 0.05) is 12.4 Å². The van der Waals surface area contributed by atoms with Crippen LogP contribution in [0.1, 0.15) is 12.3 Å². The zero-order valence-electron chi connectivity index (χ0n) is 13.5. The topological polar surface area (TPSA) is 107 Å². The highest BCUT2D eigenvalue weighted by molar-refractivity contribution is 7.92. The molecule has 12 heteroatoms. The van der Waals surface area contributed by atoms with E-state index in [2.05, 4.69) is 20.3 Å². The van der Waals surface area contributed by atoms with Gasteiger partial charge in [-0.1, -0.05) is 6.07 Å². The Morgan fingerprint density at radius 2 is 2.12 bits per heavy atom. The van der Waals surface area contributed by atoms with Gasteiger partial charge in [-0.05, 0) is 12.1 Å². The lowest BCUT2D eigenvalue weighted by atomic mass is 10.4. The zero-order valence-corrected chi connectivity index (χ0v) is 14.3. The van der Waals surface area contributed by atoms with Crippen molar-refractivity contribution in [2.75, 3.05) is 17.1 Å². The highest BCUT2D eigenvalue weighted by Gasteiger charge is 2.20. The van der Waals surface area contributed by atoms with E-state index in [1.54, 1.807) is 18.2 Å². The number of rotatable bonds is 7. The SMILES string of the molecule is CS(=O)(=O)N(CCn1cc(-c2nnc(C(F)F)o2)cn1)c1ccccn1. The maximum absolute atomic E-state index is 12.5. The molecule has 3 rings (SSSR count). The summed E-state index contributed by atoms with van der Waals surface area (Å²) in [6, 6.07) is 4.95. The van der Waals surface area contributed by atoms with Gasteiger partial charge in [-0.3, -0.25) is 8.99 Å². The molecular weight excluding hydrogens is 370 g/mol. The molecule has 3 aromatic heterocycles. The van der Waals surface area contributed by atoms with E-state index in [0.29, 0.717) is 11.4 Å². The third-order valence-electron chi connectivity index (χ3n) is 3.34. The molecule has 0 aromatic carbocycles. The summed E-state index contributed by atoms with van der Waals surface area (Å²) in [6.07, 6.45) is 2.60. The van der Waals surface area contributed by atoms with Crippen LogP contribution in [0.3, 0.4) is 0 Å². The number of sulfonamides is 1. The van der Waals surface area contributed by atoms with E-state index in [4.69, 9.17) is 4.42 Å². The van der Waals surface area contributed by atoms with Crippen molar-refractivity contribution < 1.29 is 21.6 Å². The van der Waals surface area contributed by atoms with Gasteiger partial charge >= 0.3 is 6.43 Å². The van der Waals surface area contributed by atoms with Crippen molar-refractivity contribution in [2.45, 2.75) is 13.0 Å². The normalized spacial score (nSPS) is 11.8. The van der Waals surface area contributed by atoms with Gasteiger partial charge in [0.1, 0.15) is 5.82 Å². The number of halogens is 2. The molecular formula is C14H14F2N6O3S. The molecule has 9 nitrogen and oxygen atoms in total. The zero-order chi connectivity index (χ0) is 18.7. The predicted molar refractivity (Wildman–Crippen MR) is 86.9 cm³/mol. The van der Waals surface area contributed by atoms with E-state index in [1.165, 1.54) is 23.3 Å². The summed E-state index contributed by atoms with van der Waals surface area (Å²) in [6.45, 7) is 0.294. The van der Waals surface area contributed by atoms with Crippen LogP contribution >= 0.6 is 0 Å². The van der Waals surface area contributed by atoms with E-state index in [1.807, 2.05) is 0 Å². The second-order valence-corrected chi connectivity index (χ2v) is 7.17. The summed E-state index contributed by atoms with van der Waals surface area (Å²) in [5, 5.41) is 10.8. The Balaban J connectivity index is 1.74. The number of hydrogen-bond donors (Lipinski definition) is 0. The Bertz CT molecular complexity index is 974. The lowest BCUT2D eigenvalue weighted by Gasteiger charge is -2.20. The number of aromatic nitrogens is 5. The van der Waals surface area contributed by atoms with E-state index < -0.39 is 22.3 Å². The molecule has 0 aliphatic rings. The molecule has 0 N–H and O–H groups in total. The molecule has 0 aliphatic carbocycles. The quantitative estimate of drug-likeness (QED) is 0.610. The Kier molecular flexibility index (Phi) is 4.93. The van der Waals surface area contributed by atoms with Gasteiger partial charge in [0.05, 0.1) is 31.1 Å². The molecule has 138 valence electrons. The third-order valence-corrected chi connectivity index (χ3v) is 4.52. The average Bonchev–Trinajstić information content (AvgIpc) is 3.24. The van der Waals surface area contributed by atoms with Gasteiger partial charge in [0.2, 0.25) is 10.0 Å². The summed E-state index contributed by atoms with van der Waals surface area (Å²) >= 11 is 0. The molecule has 0 bridgehead atoms. The van der Waals surface area contributed by atoms with E-state index in [9.17, 15) is 17.2 Å². The first-order chi connectivity index (χ1) is 12.3. The summed E-state index contributed by atoms with van der Waals surface area (Å²) in [5.41, 5.74) is 0.355. The summed E-state index contributed by atoms with van der Waals surface area (Å²) in [4.78, 5) is 4.04. The second kappa shape index (κ2) is 7.15. The summed E-state index contributed by atoms with van der Waals surface area (Å²) in [7, 11) is -3.53. The maximum Gasteiger partial charge on any atom is 0.314 e. The maximum atomic E-state index is 12.5. The standard InChI is InChI=1S/C14H14F2N6O3S/c1-26(23,24)22(11-4-2-3-5-17-11)7-6-21-9-10(8-18-21)13-19-20-14(25-13)12(15)16/h2-5,8-9,12H,6-7H2,1H3. The molecule has 0 amide bonds. The molecule has 0 spiro atoms. The molecule has 0 radical (unpaired) electrons. The van der Waals surface area contributed by atoms with Crippen LogP contribution in [-0.2, 0) is 16.6 Å². The fourth-order valence-corrected chi connectivity index (χ4v) is 3.04. The number of pyridine rings is 1. The molecule has 3 aromatic rings. The van der Waals surface area contributed by atoms with Crippen molar-refractivity contribution in [3.8, 4) is 11.5 Å². The molecule has 0 saturated carbocycles. The molecule has 0 unspecified atom stereocenters. The van der Waals surface area contributed by atoms with Gasteiger partial charge in [-0.15, -0.1) is 10.2 Å². The lowest BCUT2D eigenvalue weighted by molar-refractivity contribution is 0.116. The second-order valence-electron chi connectivity index (χ2n) is 5.26. The minimum Gasteiger partial charge on any atom is -0.415 e. The van der Waals surface area contributed by atoms with Crippen LogP contribution in [0.2, 0.25) is 0 Å². The van der Waals surface area contributed by atoms with Crippen LogP contribution < -0.4 is 4.31 Å². The fraction of sp³-hybridized carbons (Fsp3) is 0.286. The molecule has 0 saturated heterocycles. The largest absolute Gasteiger partial charge is 0.415 e. The molecule has 26 heavy (non-hydrogen) atoms. The minimum absolute atomic E-state index is 0.0864. The van der Waals surface area contributed by atoms with Crippen molar-refractivity contribution in [3.05, 3.63) is 42.7 Å².